The number of benzene rings is 1. The van der Waals surface area contributed by atoms with Crippen molar-refractivity contribution in [3.05, 3.63) is 59.9 Å². The lowest BCUT2D eigenvalue weighted by Crippen LogP contribution is -2.29. The van der Waals surface area contributed by atoms with Crippen LogP contribution in [-0.2, 0) is 0 Å². The van der Waals surface area contributed by atoms with Gasteiger partial charge in [0.05, 0.1) is 6.04 Å². The van der Waals surface area contributed by atoms with Crippen molar-refractivity contribution in [2.24, 2.45) is 0 Å². The Morgan fingerprint density at radius 1 is 1.18 bits per heavy atom. The fourth-order valence-corrected chi connectivity index (χ4v) is 1.78. The van der Waals surface area contributed by atoms with Crippen LogP contribution in [0.3, 0.4) is 0 Å². The lowest BCUT2D eigenvalue weighted by atomic mass is 10.1. The molecule has 2 rings (SSSR count). The van der Waals surface area contributed by atoms with Crippen molar-refractivity contribution in [3.63, 3.8) is 0 Å². The summed E-state index contributed by atoms with van der Waals surface area (Å²) in [6, 6.07) is 13.7. The van der Waals surface area contributed by atoms with Crippen LogP contribution in [0.5, 0.6) is 0 Å². The SMILES string of the molecule is C[C@H](c1ccccc1)N(C)C(=O)c1ccc[nH]1. The molecule has 1 N–H and O–H groups in total. The number of nitrogens with zero attached hydrogens (tertiary/aromatic N) is 1. The Balaban J connectivity index is 2.15. The third-order valence-electron chi connectivity index (χ3n) is 3.01. The van der Waals surface area contributed by atoms with Crippen molar-refractivity contribution in [3.8, 4) is 0 Å². The number of amides is 1. The fraction of sp³-hybridized carbons (Fsp3) is 0.214. The Kier molecular flexibility index (Phi) is 3.28. The zero-order valence-corrected chi connectivity index (χ0v) is 10.1. The molecule has 0 spiro atoms. The smallest absolute Gasteiger partial charge is 0.270 e. The van der Waals surface area contributed by atoms with E-state index in [9.17, 15) is 4.79 Å². The molecular formula is C14H16N2O. The van der Waals surface area contributed by atoms with Crippen LogP contribution in [0.2, 0.25) is 0 Å². The predicted octanol–water partition coefficient (Wildman–Crippen LogP) is 2.85. The molecule has 0 fully saturated rings. The molecule has 0 saturated heterocycles. The summed E-state index contributed by atoms with van der Waals surface area (Å²) in [4.78, 5) is 16.8. The van der Waals surface area contributed by atoms with Gasteiger partial charge in [0.25, 0.3) is 5.91 Å². The Morgan fingerprint density at radius 3 is 2.47 bits per heavy atom. The van der Waals surface area contributed by atoms with Gasteiger partial charge in [-0.25, -0.2) is 0 Å². The average Bonchev–Trinajstić information content (AvgIpc) is 2.91. The van der Waals surface area contributed by atoms with E-state index in [1.165, 1.54) is 0 Å². The first kappa shape index (κ1) is 11.5. The van der Waals surface area contributed by atoms with E-state index in [2.05, 4.69) is 4.98 Å². The minimum Gasteiger partial charge on any atom is -0.357 e. The lowest BCUT2D eigenvalue weighted by molar-refractivity contribution is 0.0737. The second-order valence-electron chi connectivity index (χ2n) is 4.09. The minimum atomic E-state index is 0.00588. The first-order valence-electron chi connectivity index (χ1n) is 5.65. The normalized spacial score (nSPS) is 12.1. The molecule has 0 saturated carbocycles. The number of hydrogen-bond acceptors (Lipinski definition) is 1. The van der Waals surface area contributed by atoms with Crippen LogP contribution in [0.25, 0.3) is 0 Å². The third-order valence-corrected chi connectivity index (χ3v) is 3.01. The molecular weight excluding hydrogens is 212 g/mol. The summed E-state index contributed by atoms with van der Waals surface area (Å²) in [6.07, 6.45) is 1.76. The Labute approximate surface area is 101 Å². The highest BCUT2D eigenvalue weighted by atomic mass is 16.2. The maximum Gasteiger partial charge on any atom is 0.270 e. The Hall–Kier alpha value is -2.03. The molecule has 0 unspecified atom stereocenters. The van der Waals surface area contributed by atoms with Gasteiger partial charge >= 0.3 is 0 Å². The van der Waals surface area contributed by atoms with E-state index in [-0.39, 0.29) is 11.9 Å². The standard InChI is InChI=1S/C14H16N2O/c1-11(12-7-4-3-5-8-12)16(2)14(17)13-9-6-10-15-13/h3-11,15H,1-2H3/t11-/m1/s1. The molecule has 1 heterocycles. The van der Waals surface area contributed by atoms with Gasteiger partial charge in [-0.05, 0) is 24.6 Å². The van der Waals surface area contributed by atoms with Gasteiger partial charge in [-0.1, -0.05) is 30.3 Å². The summed E-state index contributed by atoms with van der Waals surface area (Å²) < 4.78 is 0. The number of hydrogen-bond donors (Lipinski definition) is 1. The summed E-state index contributed by atoms with van der Waals surface area (Å²) >= 11 is 0. The molecule has 1 aromatic heterocycles. The monoisotopic (exact) mass is 228 g/mol. The number of aromatic nitrogens is 1. The van der Waals surface area contributed by atoms with Crippen molar-refractivity contribution in [1.82, 2.24) is 9.88 Å². The maximum atomic E-state index is 12.1. The molecule has 0 bridgehead atoms. The van der Waals surface area contributed by atoms with Crippen LogP contribution in [-0.4, -0.2) is 22.8 Å². The molecule has 0 radical (unpaired) electrons. The van der Waals surface area contributed by atoms with Gasteiger partial charge in [0.15, 0.2) is 0 Å². The van der Waals surface area contributed by atoms with Crippen molar-refractivity contribution in [2.45, 2.75) is 13.0 Å². The zero-order valence-electron chi connectivity index (χ0n) is 10.1. The predicted molar refractivity (Wildman–Crippen MR) is 67.7 cm³/mol. The lowest BCUT2D eigenvalue weighted by Gasteiger charge is -2.24. The first-order chi connectivity index (χ1) is 8.20. The van der Waals surface area contributed by atoms with Gasteiger partial charge in [-0.15, -0.1) is 0 Å². The molecule has 1 amide bonds. The van der Waals surface area contributed by atoms with Gasteiger partial charge in [-0.2, -0.15) is 0 Å². The second kappa shape index (κ2) is 4.87. The van der Waals surface area contributed by atoms with E-state index < -0.39 is 0 Å². The second-order valence-corrected chi connectivity index (χ2v) is 4.09. The van der Waals surface area contributed by atoms with E-state index in [4.69, 9.17) is 0 Å². The van der Waals surface area contributed by atoms with Crippen LogP contribution in [0.4, 0.5) is 0 Å². The number of carbonyl (C=O) groups is 1. The highest BCUT2D eigenvalue weighted by molar-refractivity contribution is 5.92. The van der Waals surface area contributed by atoms with E-state index >= 15 is 0 Å². The number of nitrogens with one attached hydrogen (secondary N) is 1. The van der Waals surface area contributed by atoms with Gasteiger partial charge in [0, 0.05) is 13.2 Å². The molecule has 1 atom stereocenters. The number of carbonyl (C=O) groups excluding carboxylic acids is 1. The van der Waals surface area contributed by atoms with Crippen molar-refractivity contribution >= 4 is 5.91 Å². The van der Waals surface area contributed by atoms with Crippen LogP contribution >= 0.6 is 0 Å². The van der Waals surface area contributed by atoms with Crippen LogP contribution in [0.15, 0.2) is 48.7 Å². The third kappa shape index (κ3) is 2.38. The Bertz CT molecular complexity index is 476. The summed E-state index contributed by atoms with van der Waals surface area (Å²) in [6.45, 7) is 2.02. The average molecular weight is 228 g/mol. The van der Waals surface area contributed by atoms with E-state index in [1.54, 1.807) is 17.2 Å². The van der Waals surface area contributed by atoms with E-state index in [0.717, 1.165) is 5.56 Å². The number of H-pyrrole nitrogens is 1. The van der Waals surface area contributed by atoms with Crippen molar-refractivity contribution in [2.75, 3.05) is 7.05 Å². The highest BCUT2D eigenvalue weighted by Crippen LogP contribution is 2.19. The molecule has 88 valence electrons. The zero-order chi connectivity index (χ0) is 12.3. The summed E-state index contributed by atoms with van der Waals surface area (Å²) in [5, 5.41) is 0. The largest absolute Gasteiger partial charge is 0.357 e. The molecule has 2 aromatic rings. The molecule has 0 aliphatic rings. The minimum absolute atomic E-state index is 0.00588. The van der Waals surface area contributed by atoms with Crippen molar-refractivity contribution in [1.29, 1.82) is 0 Å². The Morgan fingerprint density at radius 2 is 1.88 bits per heavy atom. The molecule has 3 heteroatoms. The molecule has 0 aliphatic carbocycles. The van der Waals surface area contributed by atoms with Gasteiger partial charge < -0.3 is 9.88 Å². The fourth-order valence-electron chi connectivity index (χ4n) is 1.78. The van der Waals surface area contributed by atoms with Crippen LogP contribution in [0.1, 0.15) is 29.0 Å². The first-order valence-corrected chi connectivity index (χ1v) is 5.65. The summed E-state index contributed by atoms with van der Waals surface area (Å²) in [5.41, 5.74) is 1.75. The number of aromatic amines is 1. The van der Waals surface area contributed by atoms with E-state index in [1.807, 2.05) is 50.4 Å². The summed E-state index contributed by atoms with van der Waals surface area (Å²) in [7, 11) is 1.82. The summed E-state index contributed by atoms with van der Waals surface area (Å²) in [5.74, 6) is 0.00588. The van der Waals surface area contributed by atoms with E-state index in [0.29, 0.717) is 5.69 Å². The quantitative estimate of drug-likeness (QED) is 0.861. The molecule has 3 nitrogen and oxygen atoms in total. The van der Waals surface area contributed by atoms with Crippen molar-refractivity contribution < 1.29 is 4.79 Å². The van der Waals surface area contributed by atoms with Crippen LogP contribution in [0, 0.1) is 0 Å². The van der Waals surface area contributed by atoms with Crippen LogP contribution < -0.4 is 0 Å². The number of rotatable bonds is 3. The van der Waals surface area contributed by atoms with Gasteiger partial charge in [-0.3, -0.25) is 4.79 Å². The molecule has 17 heavy (non-hydrogen) atoms. The highest BCUT2D eigenvalue weighted by Gasteiger charge is 2.18. The topological polar surface area (TPSA) is 36.1 Å². The molecule has 0 aliphatic heterocycles. The van der Waals surface area contributed by atoms with Gasteiger partial charge in [0.1, 0.15) is 5.69 Å². The van der Waals surface area contributed by atoms with Gasteiger partial charge in [0.2, 0.25) is 0 Å². The molecule has 1 aromatic carbocycles. The maximum absolute atomic E-state index is 12.1.